The summed E-state index contributed by atoms with van der Waals surface area (Å²) in [4.78, 5) is 11.7. The van der Waals surface area contributed by atoms with Gasteiger partial charge in [-0.1, -0.05) is 54.5 Å². The number of carbonyl (C=O) groups is 1. The van der Waals surface area contributed by atoms with Gasteiger partial charge in [0, 0.05) is 12.2 Å². The van der Waals surface area contributed by atoms with Crippen LogP contribution in [0.25, 0.3) is 0 Å². The molecule has 0 amide bonds. The van der Waals surface area contributed by atoms with Crippen LogP contribution in [0.2, 0.25) is 0 Å². The normalized spacial score (nSPS) is 9.67. The standard InChI is InChI=1S/C18H17NO2/c1-2-12-21-18(20)13-16-10-6-7-11-17(16)19-14-15-8-4-3-5-9-15/h1,3-11,19H,12-14H2. The van der Waals surface area contributed by atoms with Crippen molar-refractivity contribution < 1.29 is 9.53 Å². The Kier molecular flexibility index (Phi) is 5.42. The van der Waals surface area contributed by atoms with Gasteiger partial charge in [0.15, 0.2) is 6.61 Å². The Morgan fingerprint density at radius 3 is 2.57 bits per heavy atom. The molecule has 0 aliphatic carbocycles. The molecular weight excluding hydrogens is 262 g/mol. The molecule has 0 aliphatic heterocycles. The lowest BCUT2D eigenvalue weighted by Gasteiger charge is -2.11. The van der Waals surface area contributed by atoms with Crippen molar-refractivity contribution in [1.29, 1.82) is 0 Å². The first-order valence-electron chi connectivity index (χ1n) is 6.74. The first kappa shape index (κ1) is 14.7. The Labute approximate surface area is 125 Å². The van der Waals surface area contributed by atoms with Gasteiger partial charge in [0.25, 0.3) is 0 Å². The molecule has 0 saturated heterocycles. The van der Waals surface area contributed by atoms with Crippen molar-refractivity contribution in [3.63, 3.8) is 0 Å². The Morgan fingerprint density at radius 2 is 1.81 bits per heavy atom. The zero-order valence-electron chi connectivity index (χ0n) is 11.7. The molecule has 0 fully saturated rings. The number of para-hydroxylation sites is 1. The van der Waals surface area contributed by atoms with Gasteiger partial charge in [-0.05, 0) is 17.2 Å². The van der Waals surface area contributed by atoms with Crippen LogP contribution < -0.4 is 5.32 Å². The van der Waals surface area contributed by atoms with Crippen molar-refractivity contribution >= 4 is 11.7 Å². The number of nitrogens with one attached hydrogen (secondary N) is 1. The van der Waals surface area contributed by atoms with Crippen LogP contribution in [0.4, 0.5) is 5.69 Å². The van der Waals surface area contributed by atoms with E-state index in [4.69, 9.17) is 11.2 Å². The summed E-state index contributed by atoms with van der Waals surface area (Å²) >= 11 is 0. The predicted octanol–water partition coefficient (Wildman–Crippen LogP) is 3.02. The van der Waals surface area contributed by atoms with E-state index in [1.54, 1.807) is 0 Å². The van der Waals surface area contributed by atoms with Crippen molar-refractivity contribution in [3.05, 3.63) is 65.7 Å². The number of terminal acetylenes is 1. The number of rotatable bonds is 6. The van der Waals surface area contributed by atoms with Crippen LogP contribution in [0.15, 0.2) is 54.6 Å². The Balaban J connectivity index is 2.00. The molecule has 2 aromatic carbocycles. The van der Waals surface area contributed by atoms with Gasteiger partial charge in [0.1, 0.15) is 0 Å². The van der Waals surface area contributed by atoms with E-state index in [2.05, 4.69) is 23.4 Å². The molecule has 21 heavy (non-hydrogen) atoms. The second-order valence-corrected chi connectivity index (χ2v) is 4.54. The van der Waals surface area contributed by atoms with Crippen LogP contribution in [0, 0.1) is 12.3 Å². The molecular formula is C18H17NO2. The molecule has 0 heterocycles. The third-order valence-corrected chi connectivity index (χ3v) is 2.99. The van der Waals surface area contributed by atoms with Crippen molar-refractivity contribution in [1.82, 2.24) is 0 Å². The fourth-order valence-electron chi connectivity index (χ4n) is 1.97. The van der Waals surface area contributed by atoms with Crippen LogP contribution in [0.1, 0.15) is 11.1 Å². The molecule has 0 spiro atoms. The van der Waals surface area contributed by atoms with Gasteiger partial charge in [0.2, 0.25) is 0 Å². The topological polar surface area (TPSA) is 38.3 Å². The minimum absolute atomic E-state index is 0.0123. The van der Waals surface area contributed by atoms with E-state index in [0.29, 0.717) is 6.54 Å². The highest BCUT2D eigenvalue weighted by Gasteiger charge is 2.08. The Morgan fingerprint density at radius 1 is 1.10 bits per heavy atom. The molecule has 0 unspecified atom stereocenters. The lowest BCUT2D eigenvalue weighted by atomic mass is 10.1. The average Bonchev–Trinajstić information content (AvgIpc) is 2.53. The minimum atomic E-state index is -0.318. The summed E-state index contributed by atoms with van der Waals surface area (Å²) in [7, 11) is 0. The van der Waals surface area contributed by atoms with Crippen LogP contribution in [0.5, 0.6) is 0 Å². The van der Waals surface area contributed by atoms with Crippen molar-refractivity contribution in [2.75, 3.05) is 11.9 Å². The van der Waals surface area contributed by atoms with E-state index >= 15 is 0 Å². The maximum atomic E-state index is 11.7. The number of anilines is 1. The monoisotopic (exact) mass is 279 g/mol. The third kappa shape index (κ3) is 4.70. The fourth-order valence-corrected chi connectivity index (χ4v) is 1.97. The zero-order chi connectivity index (χ0) is 14.9. The quantitative estimate of drug-likeness (QED) is 0.652. The van der Waals surface area contributed by atoms with E-state index in [1.165, 1.54) is 5.56 Å². The summed E-state index contributed by atoms with van der Waals surface area (Å²) in [6, 6.07) is 17.8. The highest BCUT2D eigenvalue weighted by atomic mass is 16.5. The molecule has 0 aromatic heterocycles. The molecule has 1 N–H and O–H groups in total. The maximum Gasteiger partial charge on any atom is 0.311 e. The Hall–Kier alpha value is -2.73. The molecule has 0 radical (unpaired) electrons. The van der Waals surface area contributed by atoms with Gasteiger partial charge < -0.3 is 10.1 Å². The van der Waals surface area contributed by atoms with Gasteiger partial charge in [-0.25, -0.2) is 0 Å². The van der Waals surface area contributed by atoms with Crippen molar-refractivity contribution in [2.24, 2.45) is 0 Å². The second kappa shape index (κ2) is 7.76. The zero-order valence-corrected chi connectivity index (χ0v) is 11.7. The molecule has 2 rings (SSSR count). The van der Waals surface area contributed by atoms with E-state index in [0.717, 1.165) is 11.3 Å². The maximum absolute atomic E-state index is 11.7. The molecule has 0 saturated carbocycles. The van der Waals surface area contributed by atoms with Gasteiger partial charge in [-0.3, -0.25) is 4.79 Å². The number of esters is 1. The Bertz CT molecular complexity index is 629. The predicted molar refractivity (Wildman–Crippen MR) is 83.7 cm³/mol. The van der Waals surface area contributed by atoms with Gasteiger partial charge in [-0.2, -0.15) is 0 Å². The first-order chi connectivity index (χ1) is 10.3. The summed E-state index contributed by atoms with van der Waals surface area (Å²) in [6.45, 7) is 0.718. The fraction of sp³-hybridized carbons (Fsp3) is 0.167. The highest BCUT2D eigenvalue weighted by molar-refractivity contribution is 5.75. The van der Waals surface area contributed by atoms with E-state index in [9.17, 15) is 4.79 Å². The molecule has 0 aliphatic rings. The molecule has 3 nitrogen and oxygen atoms in total. The molecule has 0 bridgehead atoms. The number of ether oxygens (including phenoxy) is 1. The summed E-state index contributed by atoms with van der Waals surface area (Å²) in [5.41, 5.74) is 3.01. The average molecular weight is 279 g/mol. The van der Waals surface area contributed by atoms with Crippen LogP contribution in [-0.2, 0) is 22.5 Å². The van der Waals surface area contributed by atoms with Gasteiger partial charge >= 0.3 is 5.97 Å². The highest BCUT2D eigenvalue weighted by Crippen LogP contribution is 2.17. The van der Waals surface area contributed by atoms with Crippen LogP contribution in [-0.4, -0.2) is 12.6 Å². The lowest BCUT2D eigenvalue weighted by Crippen LogP contribution is -2.10. The number of hydrogen-bond acceptors (Lipinski definition) is 3. The minimum Gasteiger partial charge on any atom is -0.452 e. The van der Waals surface area contributed by atoms with E-state index in [-0.39, 0.29) is 19.0 Å². The number of benzene rings is 2. The molecule has 3 heteroatoms. The SMILES string of the molecule is C#CCOC(=O)Cc1ccccc1NCc1ccccc1. The molecule has 2 aromatic rings. The lowest BCUT2D eigenvalue weighted by molar-refractivity contribution is -0.141. The second-order valence-electron chi connectivity index (χ2n) is 4.54. The van der Waals surface area contributed by atoms with E-state index in [1.807, 2.05) is 42.5 Å². The van der Waals surface area contributed by atoms with Gasteiger partial charge in [0.05, 0.1) is 6.42 Å². The summed E-state index contributed by atoms with van der Waals surface area (Å²) in [5.74, 6) is 1.97. The largest absolute Gasteiger partial charge is 0.452 e. The van der Waals surface area contributed by atoms with Gasteiger partial charge in [-0.15, -0.1) is 6.42 Å². The summed E-state index contributed by atoms with van der Waals surface area (Å²) < 4.78 is 4.91. The number of hydrogen-bond donors (Lipinski definition) is 1. The van der Waals surface area contributed by atoms with Crippen molar-refractivity contribution in [2.45, 2.75) is 13.0 Å². The van der Waals surface area contributed by atoms with Crippen LogP contribution >= 0.6 is 0 Å². The molecule has 106 valence electrons. The number of carbonyl (C=O) groups excluding carboxylic acids is 1. The summed E-state index contributed by atoms with van der Waals surface area (Å²) in [6.07, 6.45) is 5.28. The van der Waals surface area contributed by atoms with Crippen molar-refractivity contribution in [3.8, 4) is 12.3 Å². The first-order valence-corrected chi connectivity index (χ1v) is 6.74. The van der Waals surface area contributed by atoms with Crippen LogP contribution in [0.3, 0.4) is 0 Å². The summed E-state index contributed by atoms with van der Waals surface area (Å²) in [5, 5.41) is 3.34. The smallest absolute Gasteiger partial charge is 0.311 e. The van der Waals surface area contributed by atoms with E-state index < -0.39 is 0 Å². The third-order valence-electron chi connectivity index (χ3n) is 2.99. The molecule has 0 atom stereocenters.